The number of nitrogens with zero attached hydrogens (tertiary/aromatic N) is 1. The molecule has 2 rings (SSSR count). The summed E-state index contributed by atoms with van der Waals surface area (Å²) in [5.41, 5.74) is 2.43. The van der Waals surface area contributed by atoms with Gasteiger partial charge in [-0.15, -0.1) is 0 Å². The Kier molecular flexibility index (Phi) is 3.62. The smallest absolute Gasteiger partial charge is 0.130 e. The quantitative estimate of drug-likeness (QED) is 0.824. The number of hydrogen-bond donors (Lipinski definition) is 1. The third kappa shape index (κ3) is 3.26. The van der Waals surface area contributed by atoms with Crippen LogP contribution < -0.4 is 0 Å². The third-order valence-corrected chi connectivity index (χ3v) is 3.02. The fourth-order valence-corrected chi connectivity index (χ4v) is 2.01. The van der Waals surface area contributed by atoms with Gasteiger partial charge in [-0.3, -0.25) is 0 Å². The summed E-state index contributed by atoms with van der Waals surface area (Å²) in [4.78, 5) is 7.80. The van der Waals surface area contributed by atoms with Gasteiger partial charge in [0.05, 0.1) is 0 Å². The largest absolute Gasteiger partial charge is 0.346 e. The first-order chi connectivity index (χ1) is 8.45. The maximum atomic E-state index is 5.24. The summed E-state index contributed by atoms with van der Waals surface area (Å²) in [6.07, 6.45) is 0.786. The van der Waals surface area contributed by atoms with E-state index >= 15 is 0 Å². The Hall–Kier alpha value is -1.48. The van der Waals surface area contributed by atoms with E-state index in [1.165, 1.54) is 5.56 Å². The molecule has 0 spiro atoms. The summed E-state index contributed by atoms with van der Waals surface area (Å²) < 4.78 is 0.657. The zero-order valence-corrected chi connectivity index (χ0v) is 11.8. The topological polar surface area (TPSA) is 28.7 Å². The molecular formula is C15H18N2S. The molecule has 0 saturated heterocycles. The molecule has 3 heteroatoms. The lowest BCUT2D eigenvalue weighted by Crippen LogP contribution is -2.15. The van der Waals surface area contributed by atoms with Crippen LogP contribution in [0.1, 0.15) is 37.9 Å². The summed E-state index contributed by atoms with van der Waals surface area (Å²) in [5.74, 6) is 0.929. The SMILES string of the molecule is CC(C)(C)c1cc(=S)nc(Cc2ccccc2)[nH]1. The van der Waals surface area contributed by atoms with Gasteiger partial charge in [-0.1, -0.05) is 63.3 Å². The average Bonchev–Trinajstić information content (AvgIpc) is 2.28. The molecule has 1 aromatic heterocycles. The Morgan fingerprint density at radius 1 is 1.17 bits per heavy atom. The van der Waals surface area contributed by atoms with E-state index in [1.807, 2.05) is 24.3 Å². The van der Waals surface area contributed by atoms with Crippen molar-refractivity contribution < 1.29 is 0 Å². The van der Waals surface area contributed by atoms with Gasteiger partial charge >= 0.3 is 0 Å². The number of H-pyrrole nitrogens is 1. The van der Waals surface area contributed by atoms with Crippen LogP contribution in [0.4, 0.5) is 0 Å². The van der Waals surface area contributed by atoms with Gasteiger partial charge in [-0.05, 0) is 11.6 Å². The Morgan fingerprint density at radius 2 is 1.83 bits per heavy atom. The van der Waals surface area contributed by atoms with Gasteiger partial charge in [0.2, 0.25) is 0 Å². The van der Waals surface area contributed by atoms with Crippen molar-refractivity contribution in [3.8, 4) is 0 Å². The van der Waals surface area contributed by atoms with Crippen LogP contribution in [0.3, 0.4) is 0 Å². The lowest BCUT2D eigenvalue weighted by Gasteiger charge is -2.19. The summed E-state index contributed by atoms with van der Waals surface area (Å²) in [5, 5.41) is 0. The summed E-state index contributed by atoms with van der Waals surface area (Å²) in [6, 6.07) is 12.2. The zero-order chi connectivity index (χ0) is 13.2. The fourth-order valence-electron chi connectivity index (χ4n) is 1.79. The predicted molar refractivity (Wildman–Crippen MR) is 77.4 cm³/mol. The van der Waals surface area contributed by atoms with Crippen LogP contribution in [0, 0.1) is 4.64 Å². The third-order valence-electron chi connectivity index (χ3n) is 2.81. The second-order valence-corrected chi connectivity index (χ2v) is 5.91. The molecule has 0 unspecified atom stereocenters. The Morgan fingerprint density at radius 3 is 2.44 bits per heavy atom. The van der Waals surface area contributed by atoms with Gasteiger partial charge in [-0.2, -0.15) is 0 Å². The number of benzene rings is 1. The van der Waals surface area contributed by atoms with Gasteiger partial charge in [-0.25, -0.2) is 4.98 Å². The molecule has 0 aliphatic heterocycles. The Labute approximate surface area is 113 Å². The van der Waals surface area contributed by atoms with Gasteiger partial charge < -0.3 is 4.98 Å². The maximum Gasteiger partial charge on any atom is 0.130 e. The maximum absolute atomic E-state index is 5.24. The molecule has 1 N–H and O–H groups in total. The van der Waals surface area contributed by atoms with Crippen molar-refractivity contribution in [3.63, 3.8) is 0 Å². The van der Waals surface area contributed by atoms with E-state index < -0.39 is 0 Å². The summed E-state index contributed by atoms with van der Waals surface area (Å²) >= 11 is 5.24. The lowest BCUT2D eigenvalue weighted by molar-refractivity contribution is 0.562. The highest BCUT2D eigenvalue weighted by molar-refractivity contribution is 7.71. The minimum absolute atomic E-state index is 0.0575. The van der Waals surface area contributed by atoms with Crippen LogP contribution in [0.25, 0.3) is 0 Å². The highest BCUT2D eigenvalue weighted by Gasteiger charge is 2.15. The van der Waals surface area contributed by atoms with Crippen LogP contribution >= 0.6 is 12.2 Å². The van der Waals surface area contributed by atoms with Crippen LogP contribution in [-0.2, 0) is 11.8 Å². The van der Waals surface area contributed by atoms with Crippen molar-refractivity contribution in [1.82, 2.24) is 9.97 Å². The van der Waals surface area contributed by atoms with E-state index in [1.54, 1.807) is 0 Å². The van der Waals surface area contributed by atoms with Gasteiger partial charge in [0.25, 0.3) is 0 Å². The molecule has 0 saturated carbocycles. The highest BCUT2D eigenvalue weighted by Crippen LogP contribution is 2.20. The van der Waals surface area contributed by atoms with Crippen molar-refractivity contribution in [3.05, 3.63) is 58.1 Å². The van der Waals surface area contributed by atoms with E-state index in [2.05, 4.69) is 42.9 Å². The molecule has 94 valence electrons. The molecule has 0 atom stereocenters. The molecule has 2 aromatic rings. The van der Waals surface area contributed by atoms with Crippen LogP contribution in [-0.4, -0.2) is 9.97 Å². The predicted octanol–water partition coefficient (Wildman–Crippen LogP) is 4.03. The van der Waals surface area contributed by atoms with E-state index in [4.69, 9.17) is 12.2 Å². The van der Waals surface area contributed by atoms with Crippen molar-refractivity contribution in [2.75, 3.05) is 0 Å². The number of nitrogens with one attached hydrogen (secondary N) is 1. The van der Waals surface area contributed by atoms with Gasteiger partial charge in [0, 0.05) is 17.5 Å². The number of aromatic nitrogens is 2. The van der Waals surface area contributed by atoms with Crippen molar-refractivity contribution in [1.29, 1.82) is 0 Å². The second-order valence-electron chi connectivity index (χ2n) is 5.49. The standard InChI is InChI=1S/C15H18N2S/c1-15(2,3)12-10-14(18)17-13(16-12)9-11-7-5-4-6-8-11/h4-8,10H,9H2,1-3H3,(H,16,17,18). The molecule has 2 nitrogen and oxygen atoms in total. The Balaban J connectivity index is 2.35. The summed E-state index contributed by atoms with van der Waals surface area (Å²) in [7, 11) is 0. The molecule has 0 aliphatic rings. The zero-order valence-electron chi connectivity index (χ0n) is 11.0. The first-order valence-corrected chi connectivity index (χ1v) is 6.50. The average molecular weight is 258 g/mol. The summed E-state index contributed by atoms with van der Waals surface area (Å²) in [6.45, 7) is 6.50. The minimum atomic E-state index is 0.0575. The van der Waals surface area contributed by atoms with Crippen LogP contribution in [0.2, 0.25) is 0 Å². The van der Waals surface area contributed by atoms with E-state index in [0.29, 0.717) is 4.64 Å². The van der Waals surface area contributed by atoms with Crippen molar-refractivity contribution >= 4 is 12.2 Å². The van der Waals surface area contributed by atoms with Crippen LogP contribution in [0.15, 0.2) is 36.4 Å². The van der Waals surface area contributed by atoms with Crippen molar-refractivity contribution in [2.45, 2.75) is 32.6 Å². The van der Waals surface area contributed by atoms with E-state index in [-0.39, 0.29) is 5.41 Å². The van der Waals surface area contributed by atoms with Gasteiger partial charge in [0.1, 0.15) is 10.5 Å². The normalized spacial score (nSPS) is 11.5. The molecule has 1 heterocycles. The molecular weight excluding hydrogens is 240 g/mol. The first-order valence-electron chi connectivity index (χ1n) is 6.10. The number of hydrogen-bond acceptors (Lipinski definition) is 2. The lowest BCUT2D eigenvalue weighted by atomic mass is 9.92. The number of aromatic amines is 1. The second kappa shape index (κ2) is 5.02. The number of rotatable bonds is 2. The first kappa shape index (κ1) is 13.0. The monoisotopic (exact) mass is 258 g/mol. The minimum Gasteiger partial charge on any atom is -0.346 e. The van der Waals surface area contributed by atoms with E-state index in [0.717, 1.165) is 17.9 Å². The molecule has 0 fully saturated rings. The van der Waals surface area contributed by atoms with Crippen LogP contribution in [0.5, 0.6) is 0 Å². The molecule has 0 aliphatic carbocycles. The fraction of sp³-hybridized carbons (Fsp3) is 0.333. The van der Waals surface area contributed by atoms with Crippen molar-refractivity contribution in [2.24, 2.45) is 0 Å². The molecule has 0 radical (unpaired) electrons. The molecule has 18 heavy (non-hydrogen) atoms. The molecule has 1 aromatic carbocycles. The molecule has 0 bridgehead atoms. The van der Waals surface area contributed by atoms with E-state index in [9.17, 15) is 0 Å². The highest BCUT2D eigenvalue weighted by atomic mass is 32.1. The Bertz CT molecular complexity index is 579. The van der Waals surface area contributed by atoms with Gasteiger partial charge in [0.15, 0.2) is 0 Å². The molecule has 0 amide bonds.